The molecule has 0 amide bonds. The van der Waals surface area contributed by atoms with Crippen LogP contribution in [0, 0.1) is 0 Å². The van der Waals surface area contributed by atoms with Crippen LogP contribution in [0.25, 0.3) is 0 Å². The molecule has 0 spiro atoms. The van der Waals surface area contributed by atoms with Crippen molar-refractivity contribution in [2.75, 3.05) is 31.1 Å². The van der Waals surface area contributed by atoms with Crippen LogP contribution >= 0.6 is 11.5 Å². The van der Waals surface area contributed by atoms with Gasteiger partial charge in [-0.1, -0.05) is 0 Å². The van der Waals surface area contributed by atoms with E-state index in [2.05, 4.69) is 14.3 Å². The van der Waals surface area contributed by atoms with Crippen LogP contribution in [-0.4, -0.2) is 53.5 Å². The molecule has 1 aliphatic heterocycles. The fourth-order valence-corrected chi connectivity index (χ4v) is 4.36. The summed E-state index contributed by atoms with van der Waals surface area (Å²) in [6, 6.07) is 0. The van der Waals surface area contributed by atoms with Gasteiger partial charge in [0, 0.05) is 43.6 Å². The van der Waals surface area contributed by atoms with Crippen molar-refractivity contribution in [1.29, 1.82) is 0 Å². The van der Waals surface area contributed by atoms with Crippen LogP contribution in [-0.2, 0) is 10.0 Å². The molecular weight excluding hydrogens is 296 g/mol. The normalized spacial score (nSPS) is 21.6. The monoisotopic (exact) mass is 316 g/mol. The zero-order valence-corrected chi connectivity index (χ0v) is 13.5. The second-order valence-electron chi connectivity index (χ2n) is 5.69. The van der Waals surface area contributed by atoms with Crippen LogP contribution in [0.2, 0.25) is 0 Å². The number of aromatic nitrogens is 2. The Kier molecular flexibility index (Phi) is 3.72. The highest BCUT2D eigenvalue weighted by molar-refractivity contribution is 7.89. The first-order chi connectivity index (χ1) is 9.48. The van der Waals surface area contributed by atoms with Crippen molar-refractivity contribution < 1.29 is 8.42 Å². The van der Waals surface area contributed by atoms with Gasteiger partial charge in [-0.15, -0.1) is 0 Å². The molecule has 1 aromatic rings. The van der Waals surface area contributed by atoms with Crippen molar-refractivity contribution in [1.82, 2.24) is 13.7 Å². The third-order valence-electron chi connectivity index (χ3n) is 3.84. The molecule has 2 heterocycles. The van der Waals surface area contributed by atoms with Gasteiger partial charge < -0.3 is 4.90 Å². The molecule has 1 aliphatic carbocycles. The number of nitrogens with zero attached hydrogens (tertiary/aromatic N) is 4. The summed E-state index contributed by atoms with van der Waals surface area (Å²) in [5.74, 6) is 1.55. The molecule has 0 atom stereocenters. The first kappa shape index (κ1) is 14.2. The van der Waals surface area contributed by atoms with Crippen LogP contribution in [0.15, 0.2) is 0 Å². The van der Waals surface area contributed by atoms with Gasteiger partial charge in [-0.25, -0.2) is 13.4 Å². The van der Waals surface area contributed by atoms with E-state index < -0.39 is 10.0 Å². The Balaban J connectivity index is 1.63. The molecule has 1 saturated heterocycles. The van der Waals surface area contributed by atoms with Gasteiger partial charge in [-0.2, -0.15) is 8.68 Å². The van der Waals surface area contributed by atoms with E-state index in [0.29, 0.717) is 32.1 Å². The van der Waals surface area contributed by atoms with Crippen molar-refractivity contribution in [2.24, 2.45) is 0 Å². The van der Waals surface area contributed by atoms with Crippen LogP contribution < -0.4 is 4.90 Å². The maximum atomic E-state index is 12.1. The average molecular weight is 316 g/mol. The molecule has 112 valence electrons. The number of sulfonamides is 1. The van der Waals surface area contributed by atoms with Gasteiger partial charge in [0.25, 0.3) is 0 Å². The Hall–Kier alpha value is -0.730. The molecule has 0 bridgehead atoms. The largest absolute Gasteiger partial charge is 0.344 e. The highest BCUT2D eigenvalue weighted by Crippen LogP contribution is 2.39. The highest BCUT2D eigenvalue weighted by Gasteiger charge is 2.32. The third kappa shape index (κ3) is 2.68. The summed E-state index contributed by atoms with van der Waals surface area (Å²) in [6.07, 6.45) is 2.41. The smallest absolute Gasteiger partial charge is 0.216 e. The van der Waals surface area contributed by atoms with E-state index in [-0.39, 0.29) is 5.25 Å². The maximum absolute atomic E-state index is 12.1. The van der Waals surface area contributed by atoms with Crippen molar-refractivity contribution >= 4 is 26.7 Å². The predicted molar refractivity (Wildman–Crippen MR) is 79.7 cm³/mol. The lowest BCUT2D eigenvalue weighted by Gasteiger charge is -2.34. The maximum Gasteiger partial charge on any atom is 0.216 e. The van der Waals surface area contributed by atoms with E-state index >= 15 is 0 Å². The van der Waals surface area contributed by atoms with E-state index in [1.165, 1.54) is 24.4 Å². The lowest BCUT2D eigenvalue weighted by molar-refractivity contribution is 0.381. The van der Waals surface area contributed by atoms with Crippen molar-refractivity contribution in [3.8, 4) is 0 Å². The van der Waals surface area contributed by atoms with E-state index in [1.807, 2.05) is 0 Å². The Labute approximate surface area is 124 Å². The van der Waals surface area contributed by atoms with E-state index in [0.717, 1.165) is 11.0 Å². The topological polar surface area (TPSA) is 66.4 Å². The molecule has 3 rings (SSSR count). The molecule has 2 fully saturated rings. The third-order valence-corrected chi connectivity index (χ3v) is 6.91. The number of anilines is 1. The summed E-state index contributed by atoms with van der Waals surface area (Å²) < 4.78 is 30.2. The second kappa shape index (κ2) is 5.23. The molecule has 20 heavy (non-hydrogen) atoms. The van der Waals surface area contributed by atoms with E-state index in [1.54, 1.807) is 18.2 Å². The first-order valence-corrected chi connectivity index (χ1v) is 9.33. The Morgan fingerprint density at radius 2 is 1.85 bits per heavy atom. The molecule has 0 aromatic carbocycles. The van der Waals surface area contributed by atoms with Crippen molar-refractivity contribution in [3.63, 3.8) is 0 Å². The lowest BCUT2D eigenvalue weighted by atomic mass is 10.4. The Morgan fingerprint density at radius 3 is 2.40 bits per heavy atom. The van der Waals surface area contributed by atoms with Gasteiger partial charge in [0.1, 0.15) is 5.82 Å². The van der Waals surface area contributed by atoms with Gasteiger partial charge in [-0.05, 0) is 26.7 Å². The number of hydrogen-bond donors (Lipinski definition) is 0. The number of hydrogen-bond acceptors (Lipinski definition) is 6. The molecule has 0 N–H and O–H groups in total. The van der Waals surface area contributed by atoms with Gasteiger partial charge in [-0.3, -0.25) is 0 Å². The lowest BCUT2D eigenvalue weighted by Crippen LogP contribution is -2.50. The Bertz CT molecular complexity index is 572. The van der Waals surface area contributed by atoms with Crippen LogP contribution in [0.1, 0.15) is 38.4 Å². The molecule has 0 unspecified atom stereocenters. The SMILES string of the molecule is CC(C)S(=O)(=O)N1CCN(c2nc(C3CC3)ns2)CC1. The fourth-order valence-electron chi connectivity index (χ4n) is 2.29. The Morgan fingerprint density at radius 1 is 1.20 bits per heavy atom. The molecular formula is C12H20N4O2S2. The minimum Gasteiger partial charge on any atom is -0.344 e. The summed E-state index contributed by atoms with van der Waals surface area (Å²) in [4.78, 5) is 6.73. The standard InChI is InChI=1S/C12H20N4O2S2/c1-9(2)20(17,18)16-7-5-15(6-8-16)12-13-11(14-19-12)10-3-4-10/h9-10H,3-8H2,1-2H3. The zero-order chi connectivity index (χ0) is 14.3. The summed E-state index contributed by atoms with van der Waals surface area (Å²) in [5, 5.41) is 0.588. The zero-order valence-electron chi connectivity index (χ0n) is 11.8. The number of piperazine rings is 1. The van der Waals surface area contributed by atoms with Gasteiger partial charge in [0.05, 0.1) is 5.25 Å². The summed E-state index contributed by atoms with van der Waals surface area (Å²) in [7, 11) is -3.13. The molecule has 1 aromatic heterocycles. The first-order valence-electron chi connectivity index (χ1n) is 7.06. The van der Waals surface area contributed by atoms with Gasteiger partial charge in [0.2, 0.25) is 15.2 Å². The van der Waals surface area contributed by atoms with Crippen LogP contribution in [0.4, 0.5) is 5.13 Å². The minimum atomic E-state index is -3.13. The summed E-state index contributed by atoms with van der Waals surface area (Å²) in [5.41, 5.74) is 0. The quantitative estimate of drug-likeness (QED) is 0.837. The van der Waals surface area contributed by atoms with Gasteiger partial charge >= 0.3 is 0 Å². The summed E-state index contributed by atoms with van der Waals surface area (Å²) in [6.45, 7) is 5.94. The average Bonchev–Trinajstić information content (AvgIpc) is 3.16. The van der Waals surface area contributed by atoms with Crippen molar-refractivity contribution in [2.45, 2.75) is 37.9 Å². The fraction of sp³-hybridized carbons (Fsp3) is 0.833. The molecule has 0 radical (unpaired) electrons. The van der Waals surface area contributed by atoms with Crippen molar-refractivity contribution in [3.05, 3.63) is 5.82 Å². The second-order valence-corrected chi connectivity index (χ2v) is 8.91. The predicted octanol–water partition coefficient (Wildman–Crippen LogP) is 1.28. The molecule has 6 nitrogen and oxygen atoms in total. The van der Waals surface area contributed by atoms with E-state index in [4.69, 9.17) is 0 Å². The van der Waals surface area contributed by atoms with Crippen LogP contribution in [0.3, 0.4) is 0 Å². The summed E-state index contributed by atoms with van der Waals surface area (Å²) >= 11 is 1.44. The van der Waals surface area contributed by atoms with Gasteiger partial charge in [0.15, 0.2) is 0 Å². The van der Waals surface area contributed by atoms with E-state index in [9.17, 15) is 8.42 Å². The number of rotatable bonds is 4. The van der Waals surface area contributed by atoms with Crippen LogP contribution in [0.5, 0.6) is 0 Å². The highest BCUT2D eigenvalue weighted by atomic mass is 32.2. The molecule has 8 heteroatoms. The molecule has 1 saturated carbocycles. The molecule has 2 aliphatic rings. The minimum absolute atomic E-state index is 0.350.